The zero-order valence-corrected chi connectivity index (χ0v) is 16.2. The first-order valence-corrected chi connectivity index (χ1v) is 10.0. The van der Waals surface area contributed by atoms with Gasteiger partial charge in [0.2, 0.25) is 0 Å². The molecular formula is C23H29N3O. The van der Waals surface area contributed by atoms with Crippen LogP contribution in [-0.4, -0.2) is 49.2 Å². The van der Waals surface area contributed by atoms with Crippen molar-refractivity contribution >= 4 is 16.6 Å². The van der Waals surface area contributed by atoms with Crippen molar-refractivity contribution in [3.63, 3.8) is 0 Å². The second-order valence-corrected chi connectivity index (χ2v) is 7.40. The van der Waals surface area contributed by atoms with Crippen LogP contribution < -0.4 is 9.64 Å². The topological polar surface area (TPSA) is 31.5 Å². The van der Waals surface area contributed by atoms with Crippen LogP contribution in [0.5, 0.6) is 5.75 Å². The van der Waals surface area contributed by atoms with Crippen molar-refractivity contribution < 1.29 is 4.74 Å². The monoisotopic (exact) mass is 363 g/mol. The number of fused-ring (bicyclic) bond motifs is 1. The quantitative estimate of drug-likeness (QED) is 0.629. The van der Waals surface area contributed by atoms with Gasteiger partial charge in [-0.1, -0.05) is 18.2 Å². The van der Waals surface area contributed by atoms with E-state index >= 15 is 0 Å². The Bertz CT molecular complexity index is 865. The Kier molecular flexibility index (Phi) is 5.64. The largest absolute Gasteiger partial charge is 0.494 e. The van der Waals surface area contributed by atoms with Crippen LogP contribution in [0.15, 0.2) is 54.7 Å². The molecule has 4 nitrogen and oxygen atoms in total. The van der Waals surface area contributed by atoms with Gasteiger partial charge in [-0.05, 0) is 61.5 Å². The number of nitrogens with zero attached hydrogens (tertiary/aromatic N) is 2. The van der Waals surface area contributed by atoms with Crippen LogP contribution in [0.3, 0.4) is 0 Å². The molecule has 1 aromatic heterocycles. The van der Waals surface area contributed by atoms with Crippen LogP contribution in [0.2, 0.25) is 0 Å². The molecule has 27 heavy (non-hydrogen) atoms. The number of piperazine rings is 1. The fourth-order valence-electron chi connectivity index (χ4n) is 3.87. The average Bonchev–Trinajstić information content (AvgIpc) is 3.17. The first-order chi connectivity index (χ1) is 13.3. The van der Waals surface area contributed by atoms with Gasteiger partial charge in [-0.25, -0.2) is 0 Å². The Labute approximate surface area is 161 Å². The lowest BCUT2D eigenvalue weighted by Gasteiger charge is -2.36. The van der Waals surface area contributed by atoms with Crippen molar-refractivity contribution in [1.29, 1.82) is 0 Å². The van der Waals surface area contributed by atoms with Gasteiger partial charge >= 0.3 is 0 Å². The molecule has 4 rings (SSSR count). The molecule has 1 aliphatic heterocycles. The third-order valence-electron chi connectivity index (χ3n) is 5.49. The van der Waals surface area contributed by atoms with Crippen LogP contribution in [0.1, 0.15) is 18.4 Å². The predicted octanol–water partition coefficient (Wildman–Crippen LogP) is 4.46. The lowest BCUT2D eigenvalue weighted by molar-refractivity contribution is 0.238. The van der Waals surface area contributed by atoms with E-state index in [2.05, 4.69) is 70.2 Å². The number of aromatic nitrogens is 1. The minimum Gasteiger partial charge on any atom is -0.494 e. The highest BCUT2D eigenvalue weighted by Crippen LogP contribution is 2.21. The van der Waals surface area contributed by atoms with E-state index in [0.717, 1.165) is 50.5 Å². The second kappa shape index (κ2) is 8.49. The number of unbranched alkanes of at least 4 members (excludes halogenated alkanes) is 1. The number of aryl methyl sites for hydroxylation is 1. The summed E-state index contributed by atoms with van der Waals surface area (Å²) >= 11 is 0. The number of hydrogen-bond acceptors (Lipinski definition) is 3. The standard InChI is InChI=1S/C23H29N3O/c1-19-6-2-3-7-23(19)26-15-13-25(14-16-26)12-4-5-17-27-21-9-8-20-10-11-24-22(20)18-21/h2-3,6-11,18,24H,4-5,12-17H2,1H3. The van der Waals surface area contributed by atoms with E-state index in [9.17, 15) is 0 Å². The van der Waals surface area contributed by atoms with E-state index < -0.39 is 0 Å². The third kappa shape index (κ3) is 4.45. The number of ether oxygens (including phenoxy) is 1. The fourth-order valence-corrected chi connectivity index (χ4v) is 3.87. The summed E-state index contributed by atoms with van der Waals surface area (Å²) in [7, 11) is 0. The van der Waals surface area contributed by atoms with Crippen LogP contribution in [0.25, 0.3) is 10.9 Å². The van der Waals surface area contributed by atoms with Gasteiger partial charge in [0.1, 0.15) is 5.75 Å². The van der Waals surface area contributed by atoms with Crippen molar-refractivity contribution in [2.24, 2.45) is 0 Å². The van der Waals surface area contributed by atoms with Crippen molar-refractivity contribution in [3.8, 4) is 5.75 Å². The summed E-state index contributed by atoms with van der Waals surface area (Å²) < 4.78 is 5.91. The van der Waals surface area contributed by atoms with Crippen LogP contribution in [0.4, 0.5) is 5.69 Å². The van der Waals surface area contributed by atoms with Crippen LogP contribution in [0, 0.1) is 6.92 Å². The molecule has 1 N–H and O–H groups in total. The van der Waals surface area contributed by atoms with Crippen molar-refractivity contribution in [2.75, 3.05) is 44.2 Å². The molecule has 0 spiro atoms. The molecule has 0 atom stereocenters. The van der Waals surface area contributed by atoms with Crippen molar-refractivity contribution in [3.05, 3.63) is 60.3 Å². The Balaban J connectivity index is 1.15. The number of aromatic amines is 1. The molecule has 3 aromatic rings. The zero-order chi connectivity index (χ0) is 18.5. The lowest BCUT2D eigenvalue weighted by atomic mass is 10.1. The van der Waals surface area contributed by atoms with Crippen molar-refractivity contribution in [2.45, 2.75) is 19.8 Å². The maximum absolute atomic E-state index is 5.91. The molecule has 142 valence electrons. The molecule has 2 heterocycles. The number of nitrogens with one attached hydrogen (secondary N) is 1. The number of para-hydroxylation sites is 1. The summed E-state index contributed by atoms with van der Waals surface area (Å²) in [5.41, 5.74) is 3.91. The summed E-state index contributed by atoms with van der Waals surface area (Å²) in [6.07, 6.45) is 4.25. The molecule has 0 saturated carbocycles. The first kappa shape index (κ1) is 17.9. The number of hydrogen-bond donors (Lipinski definition) is 1. The molecule has 0 radical (unpaired) electrons. The van der Waals surface area contributed by atoms with Crippen LogP contribution >= 0.6 is 0 Å². The van der Waals surface area contributed by atoms with E-state index in [-0.39, 0.29) is 0 Å². The Morgan fingerprint density at radius 3 is 2.67 bits per heavy atom. The molecule has 1 fully saturated rings. The minimum atomic E-state index is 0.787. The zero-order valence-electron chi connectivity index (χ0n) is 16.2. The summed E-state index contributed by atoms with van der Waals surface area (Å²) in [5, 5.41) is 1.23. The number of benzene rings is 2. The second-order valence-electron chi connectivity index (χ2n) is 7.40. The highest BCUT2D eigenvalue weighted by molar-refractivity contribution is 5.80. The summed E-state index contributed by atoms with van der Waals surface area (Å²) in [4.78, 5) is 8.34. The highest BCUT2D eigenvalue weighted by atomic mass is 16.5. The van der Waals surface area contributed by atoms with E-state index in [1.807, 2.05) is 6.20 Å². The van der Waals surface area contributed by atoms with Gasteiger partial charge in [0.05, 0.1) is 6.61 Å². The van der Waals surface area contributed by atoms with E-state index in [0.29, 0.717) is 0 Å². The van der Waals surface area contributed by atoms with Gasteiger partial charge in [0, 0.05) is 49.6 Å². The summed E-state index contributed by atoms with van der Waals surface area (Å²) in [6.45, 7) is 8.71. The van der Waals surface area contributed by atoms with Gasteiger partial charge in [0.15, 0.2) is 0 Å². The maximum atomic E-state index is 5.91. The normalized spacial score (nSPS) is 15.4. The number of H-pyrrole nitrogens is 1. The summed E-state index contributed by atoms with van der Waals surface area (Å²) in [5.74, 6) is 0.955. The van der Waals surface area contributed by atoms with Gasteiger partial charge in [-0.15, -0.1) is 0 Å². The molecule has 0 unspecified atom stereocenters. The average molecular weight is 364 g/mol. The molecule has 2 aromatic carbocycles. The number of anilines is 1. The SMILES string of the molecule is Cc1ccccc1N1CCN(CCCCOc2ccc3cc[nH]c3c2)CC1. The fraction of sp³-hybridized carbons (Fsp3) is 0.391. The molecular weight excluding hydrogens is 334 g/mol. The summed E-state index contributed by atoms with van der Waals surface area (Å²) in [6, 6.07) is 17.0. The van der Waals surface area contributed by atoms with Crippen LogP contribution in [-0.2, 0) is 0 Å². The van der Waals surface area contributed by atoms with E-state index in [4.69, 9.17) is 4.74 Å². The smallest absolute Gasteiger partial charge is 0.121 e. The third-order valence-corrected chi connectivity index (χ3v) is 5.49. The predicted molar refractivity (Wildman–Crippen MR) is 113 cm³/mol. The van der Waals surface area contributed by atoms with Gasteiger partial charge < -0.3 is 14.6 Å². The van der Waals surface area contributed by atoms with Crippen molar-refractivity contribution in [1.82, 2.24) is 9.88 Å². The molecule has 0 aliphatic carbocycles. The molecule has 4 heteroatoms. The van der Waals surface area contributed by atoms with Gasteiger partial charge in [-0.3, -0.25) is 4.90 Å². The molecule has 0 bridgehead atoms. The Morgan fingerprint density at radius 2 is 1.81 bits per heavy atom. The number of rotatable bonds is 7. The minimum absolute atomic E-state index is 0.787. The Hall–Kier alpha value is -2.46. The molecule has 1 saturated heterocycles. The van der Waals surface area contributed by atoms with Gasteiger partial charge in [0.25, 0.3) is 0 Å². The van der Waals surface area contributed by atoms with E-state index in [1.54, 1.807) is 0 Å². The van der Waals surface area contributed by atoms with Gasteiger partial charge in [-0.2, -0.15) is 0 Å². The lowest BCUT2D eigenvalue weighted by Crippen LogP contribution is -2.46. The first-order valence-electron chi connectivity index (χ1n) is 10.0. The Morgan fingerprint density at radius 1 is 0.963 bits per heavy atom. The maximum Gasteiger partial charge on any atom is 0.121 e. The molecule has 0 amide bonds. The molecule has 1 aliphatic rings. The highest BCUT2D eigenvalue weighted by Gasteiger charge is 2.17. The van der Waals surface area contributed by atoms with E-state index in [1.165, 1.54) is 29.6 Å².